The second-order valence-electron chi connectivity index (χ2n) is 4.27. The fourth-order valence-corrected chi connectivity index (χ4v) is 2.95. The molecule has 0 radical (unpaired) electrons. The first kappa shape index (κ1) is 12.8. The molecule has 0 aliphatic rings. The van der Waals surface area contributed by atoms with Crippen molar-refractivity contribution in [1.82, 2.24) is 14.5 Å². The van der Waals surface area contributed by atoms with Crippen molar-refractivity contribution < 1.29 is 4.79 Å². The van der Waals surface area contributed by atoms with Crippen LogP contribution >= 0.6 is 11.3 Å². The monoisotopic (exact) mass is 265 g/mol. The number of thiophene rings is 1. The molecule has 6 heteroatoms. The second-order valence-corrected chi connectivity index (χ2v) is 5.27. The van der Waals surface area contributed by atoms with Crippen LogP contribution in [0.25, 0.3) is 10.2 Å². The van der Waals surface area contributed by atoms with Crippen LogP contribution in [0.1, 0.15) is 22.2 Å². The number of carbonyl (C=O) groups is 1. The molecule has 2 rings (SSSR count). The van der Waals surface area contributed by atoms with E-state index in [2.05, 4.69) is 4.98 Å². The molecule has 0 unspecified atom stereocenters. The average Bonchev–Trinajstić information content (AvgIpc) is 2.67. The lowest BCUT2D eigenvalue weighted by Gasteiger charge is -2.08. The van der Waals surface area contributed by atoms with Crippen molar-refractivity contribution in [3.63, 3.8) is 0 Å². The number of rotatable bonds is 2. The van der Waals surface area contributed by atoms with E-state index in [0.29, 0.717) is 21.6 Å². The number of aryl methyl sites for hydroxylation is 2. The van der Waals surface area contributed by atoms with Gasteiger partial charge in [-0.3, -0.25) is 14.2 Å². The maximum Gasteiger partial charge on any atom is 0.263 e. The van der Waals surface area contributed by atoms with Crippen LogP contribution in [0.2, 0.25) is 0 Å². The van der Waals surface area contributed by atoms with Crippen LogP contribution in [0.3, 0.4) is 0 Å². The lowest BCUT2D eigenvalue weighted by atomic mass is 10.2. The highest BCUT2D eigenvalue weighted by Gasteiger charge is 2.20. The highest BCUT2D eigenvalue weighted by Crippen LogP contribution is 2.27. The van der Waals surface area contributed by atoms with Gasteiger partial charge in [0.2, 0.25) is 0 Å². The Balaban J connectivity index is 2.75. The van der Waals surface area contributed by atoms with E-state index in [1.807, 2.05) is 6.92 Å². The predicted octanol–water partition coefficient (Wildman–Crippen LogP) is 1.49. The zero-order valence-electron chi connectivity index (χ0n) is 10.9. The Kier molecular flexibility index (Phi) is 3.21. The Bertz CT molecular complexity index is 670. The van der Waals surface area contributed by atoms with Crippen molar-refractivity contribution in [2.24, 2.45) is 0 Å². The van der Waals surface area contributed by atoms with Gasteiger partial charge in [0.15, 0.2) is 0 Å². The summed E-state index contributed by atoms with van der Waals surface area (Å²) in [4.78, 5) is 31.2. The molecule has 0 saturated heterocycles. The van der Waals surface area contributed by atoms with E-state index in [1.54, 1.807) is 25.6 Å². The van der Waals surface area contributed by atoms with Crippen molar-refractivity contribution in [2.45, 2.75) is 20.4 Å². The molecule has 96 valence electrons. The highest BCUT2D eigenvalue weighted by atomic mass is 32.1. The third-order valence-electron chi connectivity index (χ3n) is 2.86. The molecule has 0 aliphatic carbocycles. The van der Waals surface area contributed by atoms with Gasteiger partial charge in [0, 0.05) is 20.6 Å². The average molecular weight is 265 g/mol. The summed E-state index contributed by atoms with van der Waals surface area (Å²) in [6.07, 6.45) is 1.53. The van der Waals surface area contributed by atoms with Gasteiger partial charge in [-0.05, 0) is 19.4 Å². The fourth-order valence-electron chi connectivity index (χ4n) is 1.79. The van der Waals surface area contributed by atoms with E-state index < -0.39 is 0 Å². The van der Waals surface area contributed by atoms with Gasteiger partial charge >= 0.3 is 0 Å². The summed E-state index contributed by atoms with van der Waals surface area (Å²) in [6.45, 7) is 4.27. The summed E-state index contributed by atoms with van der Waals surface area (Å²) in [5, 5.41) is 0.564. The Hall–Kier alpha value is -1.69. The van der Waals surface area contributed by atoms with E-state index >= 15 is 0 Å². The lowest BCUT2D eigenvalue weighted by Crippen LogP contribution is -2.22. The van der Waals surface area contributed by atoms with Crippen LogP contribution in [0, 0.1) is 6.92 Å². The first-order chi connectivity index (χ1) is 8.47. The number of fused-ring (bicyclic) bond motifs is 1. The molecule has 2 heterocycles. The summed E-state index contributed by atoms with van der Waals surface area (Å²) in [5.41, 5.74) is 0.656. The third kappa shape index (κ3) is 1.82. The summed E-state index contributed by atoms with van der Waals surface area (Å²) in [6, 6.07) is 0. The minimum Gasteiger partial charge on any atom is -0.344 e. The molecule has 18 heavy (non-hydrogen) atoms. The lowest BCUT2D eigenvalue weighted by molar-refractivity contribution is 0.0831. The molecule has 5 nitrogen and oxygen atoms in total. The van der Waals surface area contributed by atoms with Gasteiger partial charge in [-0.1, -0.05) is 0 Å². The van der Waals surface area contributed by atoms with E-state index in [9.17, 15) is 9.59 Å². The fraction of sp³-hybridized carbons (Fsp3) is 0.417. The molecule has 1 amide bonds. The number of hydrogen-bond acceptors (Lipinski definition) is 4. The Morgan fingerprint density at radius 2 is 2.17 bits per heavy atom. The molecule has 2 aromatic heterocycles. The first-order valence-corrected chi connectivity index (χ1v) is 6.49. The van der Waals surface area contributed by atoms with Gasteiger partial charge < -0.3 is 4.90 Å². The number of hydrogen-bond donors (Lipinski definition) is 0. The molecular formula is C12H15N3O2S. The quantitative estimate of drug-likeness (QED) is 0.826. The maximum absolute atomic E-state index is 12.2. The van der Waals surface area contributed by atoms with E-state index in [0.717, 1.165) is 5.56 Å². The molecule has 2 aromatic rings. The summed E-state index contributed by atoms with van der Waals surface area (Å²) in [7, 11) is 3.40. The predicted molar refractivity (Wildman–Crippen MR) is 72.3 cm³/mol. The SMILES string of the molecule is CCn1cnc2sc(C(=O)N(C)C)c(C)c2c1=O. The summed E-state index contributed by atoms with van der Waals surface area (Å²) in [5.74, 6) is -0.0852. The largest absolute Gasteiger partial charge is 0.344 e. The van der Waals surface area contributed by atoms with Gasteiger partial charge in [0.25, 0.3) is 11.5 Å². The van der Waals surface area contributed by atoms with Crippen molar-refractivity contribution in [1.29, 1.82) is 0 Å². The minimum atomic E-state index is -0.0852. The van der Waals surface area contributed by atoms with Crippen LogP contribution < -0.4 is 5.56 Å². The van der Waals surface area contributed by atoms with Crippen LogP contribution in [-0.2, 0) is 6.54 Å². The van der Waals surface area contributed by atoms with Gasteiger partial charge in [0.05, 0.1) is 16.6 Å². The standard InChI is InChI=1S/C12H15N3O2S/c1-5-15-6-13-10-8(11(15)16)7(2)9(18-10)12(17)14(3)4/h6H,5H2,1-4H3. The number of amides is 1. The topological polar surface area (TPSA) is 55.2 Å². The van der Waals surface area contributed by atoms with E-state index in [1.165, 1.54) is 22.6 Å². The zero-order chi connectivity index (χ0) is 13.4. The zero-order valence-corrected chi connectivity index (χ0v) is 11.7. The van der Waals surface area contributed by atoms with Crippen LogP contribution in [0.4, 0.5) is 0 Å². The van der Waals surface area contributed by atoms with Crippen LogP contribution in [0.5, 0.6) is 0 Å². The molecule has 0 fully saturated rings. The summed E-state index contributed by atoms with van der Waals surface area (Å²) >= 11 is 1.28. The van der Waals surface area contributed by atoms with Crippen LogP contribution in [0.15, 0.2) is 11.1 Å². The number of aromatic nitrogens is 2. The molecule has 0 aromatic carbocycles. The maximum atomic E-state index is 12.2. The molecular weight excluding hydrogens is 250 g/mol. The van der Waals surface area contributed by atoms with E-state index in [-0.39, 0.29) is 11.5 Å². The van der Waals surface area contributed by atoms with Crippen molar-refractivity contribution in [3.05, 3.63) is 27.1 Å². The van der Waals surface area contributed by atoms with Gasteiger partial charge in [0.1, 0.15) is 4.83 Å². The first-order valence-electron chi connectivity index (χ1n) is 5.67. The Labute approximate surface area is 109 Å². The molecule has 0 atom stereocenters. The molecule has 0 spiro atoms. The summed E-state index contributed by atoms with van der Waals surface area (Å²) < 4.78 is 1.55. The highest BCUT2D eigenvalue weighted by molar-refractivity contribution is 7.20. The van der Waals surface area contributed by atoms with Gasteiger partial charge in [-0.2, -0.15) is 0 Å². The van der Waals surface area contributed by atoms with Crippen molar-refractivity contribution >= 4 is 27.5 Å². The Morgan fingerprint density at radius 1 is 1.50 bits per heavy atom. The van der Waals surface area contributed by atoms with Crippen molar-refractivity contribution in [3.8, 4) is 0 Å². The van der Waals surface area contributed by atoms with Gasteiger partial charge in [-0.25, -0.2) is 4.98 Å². The normalized spacial score (nSPS) is 10.9. The van der Waals surface area contributed by atoms with Crippen molar-refractivity contribution in [2.75, 3.05) is 14.1 Å². The minimum absolute atomic E-state index is 0.0749. The van der Waals surface area contributed by atoms with Crippen LogP contribution in [-0.4, -0.2) is 34.5 Å². The Morgan fingerprint density at radius 3 is 2.72 bits per heavy atom. The molecule has 0 aliphatic heterocycles. The second kappa shape index (κ2) is 4.53. The van der Waals surface area contributed by atoms with Gasteiger partial charge in [-0.15, -0.1) is 11.3 Å². The molecule has 0 bridgehead atoms. The molecule has 0 saturated carbocycles. The number of nitrogens with zero attached hydrogens (tertiary/aromatic N) is 3. The third-order valence-corrected chi connectivity index (χ3v) is 4.05. The molecule has 0 N–H and O–H groups in total. The number of carbonyl (C=O) groups excluding carboxylic acids is 1. The van der Waals surface area contributed by atoms with E-state index in [4.69, 9.17) is 0 Å². The smallest absolute Gasteiger partial charge is 0.263 e.